The summed E-state index contributed by atoms with van der Waals surface area (Å²) in [6.07, 6.45) is 2.33. The Kier molecular flexibility index (Phi) is 6.30. The first kappa shape index (κ1) is 18.8. The first-order valence-corrected chi connectivity index (χ1v) is 9.33. The van der Waals surface area contributed by atoms with E-state index >= 15 is 0 Å². The molecule has 0 atom stereocenters. The van der Waals surface area contributed by atoms with Gasteiger partial charge in [-0.15, -0.1) is 0 Å². The summed E-state index contributed by atoms with van der Waals surface area (Å²) in [5.41, 5.74) is 2.22. The Hall–Kier alpha value is -3.02. The van der Waals surface area contributed by atoms with Crippen molar-refractivity contribution in [1.82, 2.24) is 5.32 Å². The van der Waals surface area contributed by atoms with Crippen LogP contribution in [-0.2, 0) is 4.79 Å². The van der Waals surface area contributed by atoms with Crippen molar-refractivity contribution in [2.24, 2.45) is 0 Å². The van der Waals surface area contributed by atoms with Gasteiger partial charge in [-0.25, -0.2) is 0 Å². The largest absolute Gasteiger partial charge is 0.493 e. The molecular weight excluding hydrogens is 342 g/mol. The smallest absolute Gasteiger partial charge is 0.255 e. The molecule has 0 spiro atoms. The molecule has 1 fully saturated rings. The Morgan fingerprint density at radius 2 is 1.74 bits per heavy atom. The zero-order valence-electron chi connectivity index (χ0n) is 15.5. The lowest BCUT2D eigenvalue weighted by atomic mass is 10.2. The first-order chi connectivity index (χ1) is 13.2. The fourth-order valence-corrected chi connectivity index (χ4v) is 3.20. The average molecular weight is 367 g/mol. The molecule has 0 aromatic heterocycles. The van der Waals surface area contributed by atoms with Crippen LogP contribution in [-0.4, -0.2) is 38.1 Å². The van der Waals surface area contributed by atoms with Gasteiger partial charge in [-0.2, -0.15) is 0 Å². The Balaban J connectivity index is 1.60. The summed E-state index contributed by atoms with van der Waals surface area (Å²) in [6, 6.07) is 14.8. The van der Waals surface area contributed by atoms with Crippen LogP contribution >= 0.6 is 0 Å². The normalized spacial score (nSPS) is 13.3. The van der Waals surface area contributed by atoms with Crippen LogP contribution in [0.3, 0.4) is 0 Å². The number of carbonyl (C=O) groups is 2. The number of anilines is 2. The summed E-state index contributed by atoms with van der Waals surface area (Å²) in [5, 5.41) is 5.57. The van der Waals surface area contributed by atoms with Crippen molar-refractivity contribution in [1.29, 1.82) is 0 Å². The summed E-state index contributed by atoms with van der Waals surface area (Å²) < 4.78 is 5.47. The number of hydrogen-bond acceptors (Lipinski definition) is 4. The van der Waals surface area contributed by atoms with E-state index in [4.69, 9.17) is 4.74 Å². The molecule has 27 heavy (non-hydrogen) atoms. The molecule has 142 valence electrons. The Labute approximate surface area is 159 Å². The summed E-state index contributed by atoms with van der Waals surface area (Å²) in [6.45, 7) is 4.22. The minimum atomic E-state index is -0.331. The molecule has 0 aliphatic carbocycles. The van der Waals surface area contributed by atoms with Crippen molar-refractivity contribution < 1.29 is 14.3 Å². The lowest BCUT2D eigenvalue weighted by Gasteiger charge is -2.21. The number of amides is 2. The van der Waals surface area contributed by atoms with Gasteiger partial charge in [-0.05, 0) is 44.0 Å². The maximum absolute atomic E-state index is 12.4. The van der Waals surface area contributed by atoms with Crippen molar-refractivity contribution in [2.45, 2.75) is 19.8 Å². The van der Waals surface area contributed by atoms with Gasteiger partial charge < -0.3 is 20.3 Å². The van der Waals surface area contributed by atoms with Gasteiger partial charge >= 0.3 is 0 Å². The van der Waals surface area contributed by atoms with Crippen molar-refractivity contribution in [3.05, 3.63) is 54.1 Å². The molecular formula is C21H25N3O3. The van der Waals surface area contributed by atoms with E-state index in [-0.39, 0.29) is 18.4 Å². The summed E-state index contributed by atoms with van der Waals surface area (Å²) >= 11 is 0. The molecule has 3 rings (SSSR count). The van der Waals surface area contributed by atoms with Crippen LogP contribution in [0.5, 0.6) is 5.75 Å². The number of para-hydroxylation sites is 3. The number of nitrogens with one attached hydrogen (secondary N) is 2. The van der Waals surface area contributed by atoms with Gasteiger partial charge in [0, 0.05) is 13.1 Å². The fourth-order valence-electron chi connectivity index (χ4n) is 3.20. The third-order valence-electron chi connectivity index (χ3n) is 4.47. The third-order valence-corrected chi connectivity index (χ3v) is 4.47. The van der Waals surface area contributed by atoms with Gasteiger partial charge in [0.15, 0.2) is 0 Å². The monoisotopic (exact) mass is 367 g/mol. The van der Waals surface area contributed by atoms with E-state index in [1.54, 1.807) is 18.2 Å². The van der Waals surface area contributed by atoms with Crippen LogP contribution in [0.15, 0.2) is 48.5 Å². The molecule has 0 bridgehead atoms. The van der Waals surface area contributed by atoms with Crippen molar-refractivity contribution >= 4 is 23.2 Å². The zero-order valence-corrected chi connectivity index (χ0v) is 15.5. The molecule has 2 N–H and O–H groups in total. The molecule has 1 saturated heterocycles. The summed E-state index contributed by atoms with van der Waals surface area (Å²) in [5.74, 6) is -0.0804. The van der Waals surface area contributed by atoms with Crippen LogP contribution < -0.4 is 20.3 Å². The molecule has 2 amide bonds. The lowest BCUT2D eigenvalue weighted by molar-refractivity contribution is -0.115. The second-order valence-corrected chi connectivity index (χ2v) is 6.37. The molecule has 0 unspecified atom stereocenters. The van der Waals surface area contributed by atoms with Gasteiger partial charge in [0.05, 0.1) is 30.1 Å². The molecule has 0 radical (unpaired) electrons. The van der Waals surface area contributed by atoms with Gasteiger partial charge in [0.25, 0.3) is 5.91 Å². The lowest BCUT2D eigenvalue weighted by Crippen LogP contribution is -2.33. The second kappa shape index (κ2) is 9.07. The topological polar surface area (TPSA) is 70.7 Å². The van der Waals surface area contributed by atoms with Crippen LogP contribution in [0.1, 0.15) is 30.1 Å². The van der Waals surface area contributed by atoms with Crippen LogP contribution in [0.2, 0.25) is 0 Å². The molecule has 1 aliphatic heterocycles. The van der Waals surface area contributed by atoms with E-state index < -0.39 is 0 Å². The molecule has 2 aromatic rings. The highest BCUT2D eigenvalue weighted by Gasteiger charge is 2.17. The molecule has 1 aliphatic rings. The quantitative estimate of drug-likeness (QED) is 0.789. The standard InChI is InChI=1S/C21H25N3O3/c1-2-27-19-12-6-3-9-16(19)21(26)22-15-20(25)23-17-10-4-5-11-18(17)24-13-7-8-14-24/h3-6,9-12H,2,7-8,13-15H2,1H3,(H,22,26)(H,23,25). The fraction of sp³-hybridized carbons (Fsp3) is 0.333. The van der Waals surface area contributed by atoms with E-state index in [0.29, 0.717) is 17.9 Å². The predicted octanol–water partition coefficient (Wildman–Crippen LogP) is 3.05. The van der Waals surface area contributed by atoms with E-state index in [2.05, 4.69) is 15.5 Å². The number of carbonyl (C=O) groups excluding carboxylic acids is 2. The van der Waals surface area contributed by atoms with Gasteiger partial charge in [0.2, 0.25) is 5.91 Å². The van der Waals surface area contributed by atoms with Gasteiger partial charge in [0.1, 0.15) is 5.75 Å². The van der Waals surface area contributed by atoms with Crippen LogP contribution in [0.4, 0.5) is 11.4 Å². The van der Waals surface area contributed by atoms with Crippen molar-refractivity contribution in [3.8, 4) is 5.75 Å². The number of rotatable bonds is 7. The highest BCUT2D eigenvalue weighted by atomic mass is 16.5. The van der Waals surface area contributed by atoms with Crippen LogP contribution in [0.25, 0.3) is 0 Å². The van der Waals surface area contributed by atoms with Gasteiger partial charge in [-0.3, -0.25) is 9.59 Å². The summed E-state index contributed by atoms with van der Waals surface area (Å²) in [4.78, 5) is 27.0. The Morgan fingerprint density at radius 3 is 2.52 bits per heavy atom. The Morgan fingerprint density at radius 1 is 1.04 bits per heavy atom. The van der Waals surface area contributed by atoms with Crippen LogP contribution in [0, 0.1) is 0 Å². The first-order valence-electron chi connectivity index (χ1n) is 9.33. The predicted molar refractivity (Wildman–Crippen MR) is 106 cm³/mol. The van der Waals surface area contributed by atoms with Crippen molar-refractivity contribution in [3.63, 3.8) is 0 Å². The number of hydrogen-bond donors (Lipinski definition) is 2. The highest BCUT2D eigenvalue weighted by Crippen LogP contribution is 2.28. The van der Waals surface area contributed by atoms with Gasteiger partial charge in [-0.1, -0.05) is 24.3 Å². The Bertz CT molecular complexity index is 801. The molecule has 1 heterocycles. The number of ether oxygens (including phenoxy) is 1. The molecule has 6 nitrogen and oxygen atoms in total. The maximum atomic E-state index is 12.4. The number of nitrogens with zero attached hydrogens (tertiary/aromatic N) is 1. The minimum Gasteiger partial charge on any atom is -0.493 e. The van der Waals surface area contributed by atoms with Crippen molar-refractivity contribution in [2.75, 3.05) is 36.5 Å². The molecule has 0 saturated carbocycles. The second-order valence-electron chi connectivity index (χ2n) is 6.37. The van der Waals surface area contributed by atoms with E-state index in [9.17, 15) is 9.59 Å². The minimum absolute atomic E-state index is 0.104. The number of benzene rings is 2. The average Bonchev–Trinajstić information content (AvgIpc) is 3.22. The van der Waals surface area contributed by atoms with E-state index in [1.165, 1.54) is 0 Å². The van der Waals surface area contributed by atoms with E-state index in [1.807, 2.05) is 37.3 Å². The zero-order chi connectivity index (χ0) is 19.1. The van der Waals surface area contributed by atoms with E-state index in [0.717, 1.165) is 37.3 Å². The SMILES string of the molecule is CCOc1ccccc1C(=O)NCC(=O)Nc1ccccc1N1CCCC1. The molecule has 2 aromatic carbocycles. The maximum Gasteiger partial charge on any atom is 0.255 e. The summed E-state index contributed by atoms with van der Waals surface area (Å²) in [7, 11) is 0. The highest BCUT2D eigenvalue weighted by molar-refractivity contribution is 6.01. The third kappa shape index (κ3) is 4.78. The molecule has 6 heteroatoms.